The quantitative estimate of drug-likeness (QED) is 0.779. The highest BCUT2D eigenvalue weighted by Gasteiger charge is 2.29. The molecular formula is C16H32N2. The molecule has 0 aromatic heterocycles. The van der Waals surface area contributed by atoms with Gasteiger partial charge in [0.2, 0.25) is 0 Å². The van der Waals surface area contributed by atoms with Crippen LogP contribution in [-0.4, -0.2) is 36.6 Å². The zero-order valence-electron chi connectivity index (χ0n) is 12.5. The minimum absolute atomic E-state index is 0.774. The van der Waals surface area contributed by atoms with Crippen molar-refractivity contribution in [2.45, 2.75) is 77.3 Å². The normalized spacial score (nSPS) is 33.2. The van der Waals surface area contributed by atoms with Crippen LogP contribution < -0.4 is 5.32 Å². The van der Waals surface area contributed by atoms with E-state index in [9.17, 15) is 0 Å². The second-order valence-electron chi connectivity index (χ2n) is 6.47. The van der Waals surface area contributed by atoms with Crippen LogP contribution >= 0.6 is 0 Å². The van der Waals surface area contributed by atoms with Gasteiger partial charge in [-0.15, -0.1) is 0 Å². The Morgan fingerprint density at radius 2 is 1.94 bits per heavy atom. The first-order chi connectivity index (χ1) is 8.81. The molecule has 1 saturated carbocycles. The van der Waals surface area contributed by atoms with Gasteiger partial charge in [-0.05, 0) is 51.1 Å². The van der Waals surface area contributed by atoms with Crippen LogP contribution in [0.4, 0.5) is 0 Å². The average molecular weight is 252 g/mol. The number of nitrogens with zero attached hydrogens (tertiary/aromatic N) is 1. The fourth-order valence-electron chi connectivity index (χ4n) is 3.79. The fourth-order valence-corrected chi connectivity index (χ4v) is 3.79. The first-order valence-electron chi connectivity index (χ1n) is 8.28. The molecule has 0 amide bonds. The minimum atomic E-state index is 0.774. The standard InChI is InChI=1S/C16H32N2/c1-3-4-12-18(13-15-9-7-11-17-15)16-10-6-5-8-14(16)2/h14-17H,3-13H2,1-2H3. The minimum Gasteiger partial charge on any atom is -0.313 e. The van der Waals surface area contributed by atoms with Crippen LogP contribution in [0.15, 0.2) is 0 Å². The van der Waals surface area contributed by atoms with Gasteiger partial charge in [-0.25, -0.2) is 0 Å². The summed E-state index contributed by atoms with van der Waals surface area (Å²) in [7, 11) is 0. The lowest BCUT2D eigenvalue weighted by Crippen LogP contribution is -2.47. The lowest BCUT2D eigenvalue weighted by atomic mass is 9.84. The molecule has 1 aliphatic carbocycles. The molecule has 2 aliphatic rings. The summed E-state index contributed by atoms with van der Waals surface area (Å²) in [5.41, 5.74) is 0. The number of rotatable bonds is 6. The molecule has 2 rings (SSSR count). The van der Waals surface area contributed by atoms with Crippen LogP contribution in [0, 0.1) is 5.92 Å². The Morgan fingerprint density at radius 3 is 2.61 bits per heavy atom. The van der Waals surface area contributed by atoms with Crippen molar-refractivity contribution >= 4 is 0 Å². The Hall–Kier alpha value is -0.0800. The van der Waals surface area contributed by atoms with Crippen molar-refractivity contribution in [3.8, 4) is 0 Å². The molecule has 1 heterocycles. The maximum Gasteiger partial charge on any atom is 0.0195 e. The van der Waals surface area contributed by atoms with E-state index in [-0.39, 0.29) is 0 Å². The van der Waals surface area contributed by atoms with Gasteiger partial charge >= 0.3 is 0 Å². The summed E-state index contributed by atoms with van der Waals surface area (Å²) in [6, 6.07) is 1.64. The smallest absolute Gasteiger partial charge is 0.0195 e. The van der Waals surface area contributed by atoms with Crippen LogP contribution in [0.1, 0.15) is 65.2 Å². The van der Waals surface area contributed by atoms with Crippen LogP contribution in [0.5, 0.6) is 0 Å². The van der Waals surface area contributed by atoms with Gasteiger partial charge in [0.15, 0.2) is 0 Å². The van der Waals surface area contributed by atoms with E-state index >= 15 is 0 Å². The molecule has 0 bridgehead atoms. The Morgan fingerprint density at radius 1 is 1.11 bits per heavy atom. The predicted octanol–water partition coefficient (Wildman–Crippen LogP) is 3.42. The summed E-state index contributed by atoms with van der Waals surface area (Å²) in [6.45, 7) is 8.66. The molecule has 2 fully saturated rings. The van der Waals surface area contributed by atoms with Gasteiger partial charge in [0.1, 0.15) is 0 Å². The number of hydrogen-bond acceptors (Lipinski definition) is 2. The van der Waals surface area contributed by atoms with Crippen molar-refractivity contribution in [1.82, 2.24) is 10.2 Å². The van der Waals surface area contributed by atoms with E-state index in [2.05, 4.69) is 24.1 Å². The summed E-state index contributed by atoms with van der Waals surface area (Å²) in [5.74, 6) is 0.914. The second-order valence-corrected chi connectivity index (χ2v) is 6.47. The molecule has 2 nitrogen and oxygen atoms in total. The SMILES string of the molecule is CCCCN(CC1CCCN1)C1CCCCC1C. The third-order valence-electron chi connectivity index (χ3n) is 4.95. The van der Waals surface area contributed by atoms with E-state index in [0.717, 1.165) is 18.0 Å². The maximum atomic E-state index is 3.68. The second kappa shape index (κ2) is 7.49. The van der Waals surface area contributed by atoms with Crippen molar-refractivity contribution in [2.24, 2.45) is 5.92 Å². The van der Waals surface area contributed by atoms with Crippen LogP contribution in [0.2, 0.25) is 0 Å². The van der Waals surface area contributed by atoms with Crippen molar-refractivity contribution in [2.75, 3.05) is 19.6 Å². The molecule has 3 atom stereocenters. The molecular weight excluding hydrogens is 220 g/mol. The predicted molar refractivity (Wildman–Crippen MR) is 78.9 cm³/mol. The summed E-state index contributed by atoms with van der Waals surface area (Å²) in [5, 5.41) is 3.68. The monoisotopic (exact) mass is 252 g/mol. The van der Waals surface area contributed by atoms with Crippen molar-refractivity contribution in [3.63, 3.8) is 0 Å². The van der Waals surface area contributed by atoms with Gasteiger partial charge in [0, 0.05) is 18.6 Å². The van der Waals surface area contributed by atoms with E-state index in [4.69, 9.17) is 0 Å². The summed E-state index contributed by atoms with van der Waals surface area (Å²) >= 11 is 0. The van der Waals surface area contributed by atoms with E-state index in [1.54, 1.807) is 0 Å². The topological polar surface area (TPSA) is 15.3 Å². The zero-order chi connectivity index (χ0) is 12.8. The molecule has 18 heavy (non-hydrogen) atoms. The van der Waals surface area contributed by atoms with Gasteiger partial charge in [0.25, 0.3) is 0 Å². The number of hydrogen-bond donors (Lipinski definition) is 1. The summed E-state index contributed by atoms with van der Waals surface area (Å²) < 4.78 is 0. The highest BCUT2D eigenvalue weighted by Crippen LogP contribution is 2.29. The van der Waals surface area contributed by atoms with Crippen LogP contribution in [-0.2, 0) is 0 Å². The maximum absolute atomic E-state index is 3.68. The highest BCUT2D eigenvalue weighted by molar-refractivity contribution is 4.85. The largest absolute Gasteiger partial charge is 0.313 e. The molecule has 2 heteroatoms. The zero-order valence-corrected chi connectivity index (χ0v) is 12.5. The molecule has 0 aromatic rings. The van der Waals surface area contributed by atoms with Gasteiger partial charge in [-0.1, -0.05) is 33.1 Å². The first-order valence-corrected chi connectivity index (χ1v) is 8.28. The first kappa shape index (κ1) is 14.3. The van der Waals surface area contributed by atoms with Gasteiger partial charge in [0.05, 0.1) is 0 Å². The molecule has 0 spiro atoms. The molecule has 3 unspecified atom stereocenters. The highest BCUT2D eigenvalue weighted by atomic mass is 15.2. The molecule has 0 radical (unpaired) electrons. The molecule has 1 aliphatic heterocycles. The molecule has 0 aromatic carbocycles. The van der Waals surface area contributed by atoms with Crippen LogP contribution in [0.25, 0.3) is 0 Å². The van der Waals surface area contributed by atoms with Gasteiger partial charge in [-0.2, -0.15) is 0 Å². The van der Waals surface area contributed by atoms with Gasteiger partial charge < -0.3 is 5.32 Å². The lowest BCUT2D eigenvalue weighted by molar-refractivity contribution is 0.101. The van der Waals surface area contributed by atoms with E-state index in [0.29, 0.717) is 0 Å². The van der Waals surface area contributed by atoms with E-state index < -0.39 is 0 Å². The fraction of sp³-hybridized carbons (Fsp3) is 1.00. The lowest BCUT2D eigenvalue weighted by Gasteiger charge is -2.40. The third-order valence-corrected chi connectivity index (χ3v) is 4.95. The number of nitrogens with one attached hydrogen (secondary N) is 1. The van der Waals surface area contributed by atoms with E-state index in [1.807, 2.05) is 0 Å². The van der Waals surface area contributed by atoms with E-state index in [1.165, 1.54) is 71.0 Å². The Bertz CT molecular complexity index is 223. The van der Waals surface area contributed by atoms with Crippen molar-refractivity contribution in [3.05, 3.63) is 0 Å². The van der Waals surface area contributed by atoms with Gasteiger partial charge in [-0.3, -0.25) is 4.90 Å². The summed E-state index contributed by atoms with van der Waals surface area (Å²) in [6.07, 6.45) is 11.3. The third kappa shape index (κ3) is 3.96. The van der Waals surface area contributed by atoms with Crippen molar-refractivity contribution in [1.29, 1.82) is 0 Å². The Labute approximate surface area is 114 Å². The number of unbranched alkanes of at least 4 members (excludes halogenated alkanes) is 1. The average Bonchev–Trinajstić information content (AvgIpc) is 2.88. The van der Waals surface area contributed by atoms with Crippen molar-refractivity contribution < 1.29 is 0 Å². The summed E-state index contributed by atoms with van der Waals surface area (Å²) in [4.78, 5) is 2.83. The Balaban J connectivity index is 1.89. The van der Waals surface area contributed by atoms with Crippen LogP contribution in [0.3, 0.4) is 0 Å². The molecule has 1 saturated heterocycles. The molecule has 1 N–H and O–H groups in total. The Kier molecular flexibility index (Phi) is 5.97. The molecule has 106 valence electrons.